The topological polar surface area (TPSA) is 107 Å². The molecule has 3 aromatic rings. The van der Waals surface area contributed by atoms with E-state index in [4.69, 9.17) is 21.1 Å². The zero-order chi connectivity index (χ0) is 26.5. The number of rotatable bonds is 11. The third-order valence-electron chi connectivity index (χ3n) is 6.68. The summed E-state index contributed by atoms with van der Waals surface area (Å²) in [6.45, 7) is 7.04. The summed E-state index contributed by atoms with van der Waals surface area (Å²) < 4.78 is 11.4. The van der Waals surface area contributed by atoms with E-state index in [9.17, 15) is 15.0 Å². The Morgan fingerprint density at radius 1 is 1.22 bits per heavy atom. The molecule has 0 bridgehead atoms. The van der Waals surface area contributed by atoms with Gasteiger partial charge in [-0.2, -0.15) is 0 Å². The SMILES string of the molecule is CCOC(O)N1CCc2c([nH]c3ccc(Cl)cc23)[C@@H]1c1ccc(OCCC(O)CNC(=O)C(C)C)cc1. The quantitative estimate of drug-likeness (QED) is 0.280. The molecule has 0 radical (unpaired) electrons. The van der Waals surface area contributed by atoms with Gasteiger partial charge in [0.25, 0.3) is 0 Å². The minimum absolute atomic E-state index is 0.0806. The summed E-state index contributed by atoms with van der Waals surface area (Å²) in [5, 5.41) is 25.4. The van der Waals surface area contributed by atoms with Crippen molar-refractivity contribution >= 4 is 28.4 Å². The lowest BCUT2D eigenvalue weighted by Gasteiger charge is -2.38. The van der Waals surface area contributed by atoms with Gasteiger partial charge in [-0.3, -0.25) is 4.79 Å². The van der Waals surface area contributed by atoms with Gasteiger partial charge in [0.05, 0.1) is 18.8 Å². The Morgan fingerprint density at radius 2 is 1.97 bits per heavy atom. The van der Waals surface area contributed by atoms with Crippen molar-refractivity contribution in [1.82, 2.24) is 15.2 Å². The largest absolute Gasteiger partial charge is 0.493 e. The van der Waals surface area contributed by atoms with Crippen LogP contribution in [0.5, 0.6) is 5.75 Å². The van der Waals surface area contributed by atoms with Crippen molar-refractivity contribution in [1.29, 1.82) is 0 Å². The van der Waals surface area contributed by atoms with Crippen LogP contribution in [0.1, 0.15) is 50.1 Å². The van der Waals surface area contributed by atoms with E-state index < -0.39 is 12.5 Å². The van der Waals surface area contributed by atoms with Crippen LogP contribution < -0.4 is 10.1 Å². The highest BCUT2D eigenvalue weighted by Crippen LogP contribution is 2.40. The molecule has 2 heterocycles. The average molecular weight is 530 g/mol. The van der Waals surface area contributed by atoms with Crippen LogP contribution in [-0.4, -0.2) is 64.8 Å². The molecule has 4 N–H and O–H groups in total. The number of nitrogens with zero attached hydrogens (tertiary/aromatic N) is 1. The Kier molecular flexibility index (Phi) is 9.10. The van der Waals surface area contributed by atoms with E-state index in [0.717, 1.165) is 28.6 Å². The second kappa shape index (κ2) is 12.3. The lowest BCUT2D eigenvalue weighted by Crippen LogP contribution is -2.44. The van der Waals surface area contributed by atoms with Crippen molar-refractivity contribution < 1.29 is 24.5 Å². The van der Waals surface area contributed by atoms with Gasteiger partial charge in [-0.15, -0.1) is 0 Å². The number of H-pyrrole nitrogens is 1. The number of ether oxygens (including phenoxy) is 2. The fourth-order valence-electron chi connectivity index (χ4n) is 4.70. The normalized spacial score (nSPS) is 17.5. The third-order valence-corrected chi connectivity index (χ3v) is 6.91. The van der Waals surface area contributed by atoms with Gasteiger partial charge in [0.2, 0.25) is 12.3 Å². The second-order valence-corrected chi connectivity index (χ2v) is 10.1. The van der Waals surface area contributed by atoms with Crippen LogP contribution in [-0.2, 0) is 16.0 Å². The summed E-state index contributed by atoms with van der Waals surface area (Å²) in [5.41, 5.74) is 4.21. The number of halogens is 1. The van der Waals surface area contributed by atoms with Gasteiger partial charge in [-0.05, 0) is 54.8 Å². The molecule has 0 saturated carbocycles. The molecule has 1 aliphatic rings. The zero-order valence-electron chi connectivity index (χ0n) is 21.5. The first-order valence-electron chi connectivity index (χ1n) is 12.8. The molecule has 0 aliphatic carbocycles. The van der Waals surface area contributed by atoms with Crippen LogP contribution >= 0.6 is 11.6 Å². The summed E-state index contributed by atoms with van der Waals surface area (Å²) in [6, 6.07) is 13.3. The van der Waals surface area contributed by atoms with E-state index in [0.29, 0.717) is 37.0 Å². The Balaban J connectivity index is 1.48. The first-order chi connectivity index (χ1) is 17.8. The summed E-state index contributed by atoms with van der Waals surface area (Å²) in [4.78, 5) is 17.2. The number of carbonyl (C=O) groups is 1. The summed E-state index contributed by atoms with van der Waals surface area (Å²) in [5.74, 6) is 0.483. The van der Waals surface area contributed by atoms with E-state index in [2.05, 4.69) is 10.3 Å². The lowest BCUT2D eigenvalue weighted by molar-refractivity contribution is -0.202. The minimum atomic E-state index is -1.04. The van der Waals surface area contributed by atoms with Gasteiger partial charge in [-0.25, -0.2) is 4.90 Å². The maximum absolute atomic E-state index is 11.7. The summed E-state index contributed by atoms with van der Waals surface area (Å²) in [7, 11) is 0. The number of aliphatic hydroxyl groups is 2. The first-order valence-corrected chi connectivity index (χ1v) is 13.2. The van der Waals surface area contributed by atoms with Crippen molar-refractivity contribution in [3.05, 3.63) is 64.3 Å². The van der Waals surface area contributed by atoms with E-state index in [-0.39, 0.29) is 24.4 Å². The van der Waals surface area contributed by atoms with Crippen LogP contribution in [0.3, 0.4) is 0 Å². The van der Waals surface area contributed by atoms with Crippen molar-refractivity contribution in [2.24, 2.45) is 5.92 Å². The van der Waals surface area contributed by atoms with Crippen LogP contribution in [0.2, 0.25) is 5.02 Å². The monoisotopic (exact) mass is 529 g/mol. The highest BCUT2D eigenvalue weighted by molar-refractivity contribution is 6.31. The predicted octanol–water partition coefficient (Wildman–Crippen LogP) is 3.98. The first kappa shape index (κ1) is 27.4. The Hall–Kier alpha value is -2.62. The van der Waals surface area contributed by atoms with Gasteiger partial charge in [-0.1, -0.05) is 37.6 Å². The van der Waals surface area contributed by atoms with E-state index in [1.807, 2.05) is 68.1 Å². The molecule has 0 spiro atoms. The van der Waals surface area contributed by atoms with E-state index in [1.165, 1.54) is 5.56 Å². The molecule has 4 rings (SSSR count). The van der Waals surface area contributed by atoms with Gasteiger partial charge >= 0.3 is 0 Å². The number of nitrogens with one attached hydrogen (secondary N) is 2. The fourth-order valence-corrected chi connectivity index (χ4v) is 4.88. The molecule has 9 heteroatoms. The number of aromatic nitrogens is 1. The number of hydrogen-bond donors (Lipinski definition) is 4. The summed E-state index contributed by atoms with van der Waals surface area (Å²) >= 11 is 6.28. The molecule has 2 unspecified atom stereocenters. The number of hydrogen-bond acceptors (Lipinski definition) is 6. The van der Waals surface area contributed by atoms with Crippen LogP contribution in [0.25, 0.3) is 10.9 Å². The van der Waals surface area contributed by atoms with Gasteiger partial charge in [0.15, 0.2) is 0 Å². The molecule has 0 fully saturated rings. The maximum atomic E-state index is 11.7. The molecule has 2 aromatic carbocycles. The Morgan fingerprint density at radius 3 is 2.68 bits per heavy atom. The van der Waals surface area contributed by atoms with Crippen molar-refractivity contribution in [3.63, 3.8) is 0 Å². The van der Waals surface area contributed by atoms with Crippen molar-refractivity contribution in [2.75, 3.05) is 26.3 Å². The van der Waals surface area contributed by atoms with Gasteiger partial charge in [0, 0.05) is 53.7 Å². The number of aliphatic hydroxyl groups excluding tert-OH is 2. The number of benzene rings is 2. The summed E-state index contributed by atoms with van der Waals surface area (Å²) in [6.07, 6.45) is -0.547. The maximum Gasteiger partial charge on any atom is 0.222 e. The molecular formula is C28H36ClN3O5. The highest BCUT2D eigenvalue weighted by Gasteiger charge is 2.35. The zero-order valence-corrected chi connectivity index (χ0v) is 22.3. The van der Waals surface area contributed by atoms with Gasteiger partial charge in [0.1, 0.15) is 5.75 Å². The molecule has 1 aliphatic heterocycles. The standard InChI is InChI=1S/C28H36ClN3O5/c1-4-36-28(35)32-13-11-22-23-15-19(29)7-10-24(23)31-25(22)26(32)18-5-8-21(9-6-18)37-14-12-20(33)16-30-27(34)17(2)3/h5-10,15,17,20,26,28,31,33,35H,4,11-14,16H2,1-3H3,(H,30,34)/t20?,26-,28?/m0/s1. The van der Waals surface area contributed by atoms with E-state index in [1.54, 1.807) is 0 Å². The minimum Gasteiger partial charge on any atom is -0.493 e. The number of amides is 1. The molecular weight excluding hydrogens is 494 g/mol. The number of aromatic amines is 1. The lowest BCUT2D eigenvalue weighted by atomic mass is 9.92. The predicted molar refractivity (Wildman–Crippen MR) is 144 cm³/mol. The Labute approximate surface area is 222 Å². The van der Waals surface area contributed by atoms with Crippen LogP contribution in [0.4, 0.5) is 0 Å². The van der Waals surface area contributed by atoms with Crippen molar-refractivity contribution in [2.45, 2.75) is 52.2 Å². The molecule has 0 saturated heterocycles. The third kappa shape index (κ3) is 6.45. The molecule has 8 nitrogen and oxygen atoms in total. The molecule has 1 aromatic heterocycles. The molecule has 200 valence electrons. The molecule has 37 heavy (non-hydrogen) atoms. The van der Waals surface area contributed by atoms with E-state index >= 15 is 0 Å². The fraction of sp³-hybridized carbons (Fsp3) is 0.464. The second-order valence-electron chi connectivity index (χ2n) is 9.64. The van der Waals surface area contributed by atoms with Crippen LogP contribution in [0, 0.1) is 5.92 Å². The number of carbonyl (C=O) groups excluding carboxylic acids is 1. The average Bonchev–Trinajstić information content (AvgIpc) is 3.25. The smallest absolute Gasteiger partial charge is 0.222 e. The Bertz CT molecular complexity index is 1200. The molecule has 1 amide bonds. The highest BCUT2D eigenvalue weighted by atomic mass is 35.5. The van der Waals surface area contributed by atoms with Crippen molar-refractivity contribution in [3.8, 4) is 5.75 Å². The van der Waals surface area contributed by atoms with Gasteiger partial charge < -0.3 is 30.0 Å². The van der Waals surface area contributed by atoms with Crippen LogP contribution in [0.15, 0.2) is 42.5 Å². The molecule has 3 atom stereocenters. The number of fused-ring (bicyclic) bond motifs is 3.